The van der Waals surface area contributed by atoms with Crippen LogP contribution < -0.4 is 10.1 Å². The van der Waals surface area contributed by atoms with Gasteiger partial charge in [-0.1, -0.05) is 19.4 Å². The largest absolute Gasteiger partial charge is 0.494 e. The number of carbonyl (C=O) groups is 2. The second-order valence-electron chi connectivity index (χ2n) is 6.88. The number of nitrogens with one attached hydrogen (secondary N) is 1. The van der Waals surface area contributed by atoms with Crippen LogP contribution >= 0.6 is 0 Å². The van der Waals surface area contributed by atoms with Gasteiger partial charge in [-0.25, -0.2) is 0 Å². The van der Waals surface area contributed by atoms with Crippen LogP contribution in [-0.4, -0.2) is 18.3 Å². The van der Waals surface area contributed by atoms with Gasteiger partial charge in [0.15, 0.2) is 5.78 Å². The summed E-state index contributed by atoms with van der Waals surface area (Å²) in [6.07, 6.45) is 4.38. The molecule has 1 amide bonds. The Morgan fingerprint density at radius 1 is 1.00 bits per heavy atom. The molecular weight excluding hydrogens is 364 g/mol. The van der Waals surface area contributed by atoms with E-state index in [0.29, 0.717) is 35.4 Å². The highest BCUT2D eigenvalue weighted by Crippen LogP contribution is 2.16. The molecule has 0 heterocycles. The first-order valence-electron chi connectivity index (χ1n) is 9.72. The Labute approximate surface area is 172 Å². The summed E-state index contributed by atoms with van der Waals surface area (Å²) in [6, 6.07) is 15.7. The molecule has 2 aromatic rings. The minimum atomic E-state index is -0.217. The number of allylic oxidation sites excluding steroid dienone is 1. The maximum absolute atomic E-state index is 12.3. The number of unbranched alkanes of at least 4 members (excludes halogenated alkanes) is 3. The van der Waals surface area contributed by atoms with Gasteiger partial charge in [0.05, 0.1) is 18.2 Å². The third-order valence-electron chi connectivity index (χ3n) is 4.43. The van der Waals surface area contributed by atoms with Gasteiger partial charge in [0.25, 0.3) is 5.91 Å². The number of anilines is 1. The first-order chi connectivity index (χ1) is 14.0. The molecule has 0 radical (unpaired) electrons. The SMILES string of the molecule is C=C(C)C(=O)CCCCCCOc1ccc(C(=O)Nc2ccc(C#N)cc2)cc1. The lowest BCUT2D eigenvalue weighted by Gasteiger charge is -2.08. The van der Waals surface area contributed by atoms with E-state index in [1.165, 1.54) is 0 Å². The average molecular weight is 390 g/mol. The predicted molar refractivity (Wildman–Crippen MR) is 114 cm³/mol. The molecule has 5 nitrogen and oxygen atoms in total. The lowest BCUT2D eigenvalue weighted by atomic mass is 10.1. The first-order valence-corrected chi connectivity index (χ1v) is 9.72. The summed E-state index contributed by atoms with van der Waals surface area (Å²) < 4.78 is 5.71. The first kappa shape index (κ1) is 21.9. The standard InChI is InChI=1S/C24H26N2O3/c1-18(2)23(27)7-5-3-4-6-16-29-22-14-10-20(11-15-22)24(28)26-21-12-8-19(17-25)9-13-21/h8-15H,1,3-7,16H2,2H3,(H,26,28). The normalized spacial score (nSPS) is 10.1. The number of hydrogen-bond donors (Lipinski definition) is 1. The Hall–Kier alpha value is -3.39. The van der Waals surface area contributed by atoms with E-state index in [1.54, 1.807) is 55.5 Å². The van der Waals surface area contributed by atoms with E-state index in [0.717, 1.165) is 31.4 Å². The van der Waals surface area contributed by atoms with E-state index in [9.17, 15) is 9.59 Å². The van der Waals surface area contributed by atoms with Crippen LogP contribution in [-0.2, 0) is 4.79 Å². The number of ether oxygens (including phenoxy) is 1. The molecule has 2 aromatic carbocycles. The van der Waals surface area contributed by atoms with Crippen LogP contribution in [0.15, 0.2) is 60.7 Å². The van der Waals surface area contributed by atoms with Crippen molar-refractivity contribution in [2.75, 3.05) is 11.9 Å². The Kier molecular flexibility index (Phi) is 8.65. The van der Waals surface area contributed by atoms with Crippen LogP contribution in [0.2, 0.25) is 0 Å². The zero-order valence-corrected chi connectivity index (χ0v) is 16.7. The summed E-state index contributed by atoms with van der Waals surface area (Å²) >= 11 is 0. The van der Waals surface area contributed by atoms with Crippen LogP contribution in [0.4, 0.5) is 5.69 Å². The van der Waals surface area contributed by atoms with Gasteiger partial charge in [0, 0.05) is 17.7 Å². The van der Waals surface area contributed by atoms with E-state index in [1.807, 2.05) is 6.07 Å². The van der Waals surface area contributed by atoms with Crippen molar-refractivity contribution in [2.45, 2.75) is 39.0 Å². The zero-order valence-electron chi connectivity index (χ0n) is 16.7. The molecule has 0 aromatic heterocycles. The van der Waals surface area contributed by atoms with Crippen LogP contribution in [0.3, 0.4) is 0 Å². The molecule has 5 heteroatoms. The second-order valence-corrected chi connectivity index (χ2v) is 6.88. The average Bonchev–Trinajstić information content (AvgIpc) is 2.73. The maximum Gasteiger partial charge on any atom is 0.255 e. The zero-order chi connectivity index (χ0) is 21.1. The molecule has 0 aliphatic heterocycles. The molecule has 0 spiro atoms. The van der Waals surface area contributed by atoms with Gasteiger partial charge >= 0.3 is 0 Å². The quantitative estimate of drug-likeness (QED) is 0.418. The summed E-state index contributed by atoms with van der Waals surface area (Å²) in [5.74, 6) is 0.646. The smallest absolute Gasteiger partial charge is 0.255 e. The number of amides is 1. The van der Waals surface area contributed by atoms with Crippen molar-refractivity contribution in [3.63, 3.8) is 0 Å². The number of Topliss-reactive ketones (excluding diaryl/α,β-unsaturated/α-hetero) is 1. The topological polar surface area (TPSA) is 79.2 Å². The molecule has 2 rings (SSSR count). The Balaban J connectivity index is 1.68. The highest BCUT2D eigenvalue weighted by atomic mass is 16.5. The van der Waals surface area contributed by atoms with Crippen molar-refractivity contribution >= 4 is 17.4 Å². The molecule has 0 atom stereocenters. The Morgan fingerprint density at radius 2 is 1.66 bits per heavy atom. The van der Waals surface area contributed by atoms with E-state index >= 15 is 0 Å². The molecule has 0 fully saturated rings. The fraction of sp³-hybridized carbons (Fsp3) is 0.292. The molecule has 1 N–H and O–H groups in total. The number of carbonyl (C=O) groups excluding carboxylic acids is 2. The van der Waals surface area contributed by atoms with Crippen molar-refractivity contribution in [1.82, 2.24) is 0 Å². The number of ketones is 1. The summed E-state index contributed by atoms with van der Waals surface area (Å²) in [7, 11) is 0. The highest BCUT2D eigenvalue weighted by Gasteiger charge is 2.07. The van der Waals surface area contributed by atoms with Crippen LogP contribution in [0.25, 0.3) is 0 Å². The van der Waals surface area contributed by atoms with Crippen molar-refractivity contribution in [1.29, 1.82) is 5.26 Å². The summed E-state index contributed by atoms with van der Waals surface area (Å²) in [5, 5.41) is 11.6. The minimum absolute atomic E-state index is 0.143. The van der Waals surface area contributed by atoms with Gasteiger partial charge in [-0.2, -0.15) is 5.26 Å². The van der Waals surface area contributed by atoms with E-state index in [-0.39, 0.29) is 11.7 Å². The number of rotatable bonds is 11. The minimum Gasteiger partial charge on any atom is -0.494 e. The fourth-order valence-electron chi connectivity index (χ4n) is 2.68. The number of benzene rings is 2. The van der Waals surface area contributed by atoms with Gasteiger partial charge in [0.2, 0.25) is 0 Å². The monoisotopic (exact) mass is 390 g/mol. The van der Waals surface area contributed by atoms with E-state index in [4.69, 9.17) is 10.00 Å². The van der Waals surface area contributed by atoms with Crippen LogP contribution in [0, 0.1) is 11.3 Å². The van der Waals surface area contributed by atoms with Gasteiger partial charge in [-0.15, -0.1) is 0 Å². The third kappa shape index (κ3) is 7.63. The maximum atomic E-state index is 12.3. The van der Waals surface area contributed by atoms with Gasteiger partial charge in [0.1, 0.15) is 5.75 Å². The molecule has 150 valence electrons. The third-order valence-corrected chi connectivity index (χ3v) is 4.43. The lowest BCUT2D eigenvalue weighted by Crippen LogP contribution is -2.11. The summed E-state index contributed by atoms with van der Waals surface area (Å²) in [6.45, 7) is 6.01. The van der Waals surface area contributed by atoms with Gasteiger partial charge < -0.3 is 10.1 Å². The molecule has 0 aliphatic carbocycles. The molecule has 29 heavy (non-hydrogen) atoms. The Bertz CT molecular complexity index is 878. The summed E-state index contributed by atoms with van der Waals surface area (Å²) in [5.41, 5.74) is 2.34. The highest BCUT2D eigenvalue weighted by molar-refractivity contribution is 6.04. The van der Waals surface area contributed by atoms with Crippen molar-refractivity contribution in [3.8, 4) is 11.8 Å². The van der Waals surface area contributed by atoms with Crippen molar-refractivity contribution in [2.24, 2.45) is 0 Å². The lowest BCUT2D eigenvalue weighted by molar-refractivity contribution is -0.115. The second kappa shape index (κ2) is 11.5. The number of nitriles is 1. The fourth-order valence-corrected chi connectivity index (χ4v) is 2.68. The predicted octanol–water partition coefficient (Wildman–Crippen LogP) is 5.29. The van der Waals surface area contributed by atoms with Crippen molar-refractivity contribution in [3.05, 3.63) is 71.8 Å². The number of nitrogens with zero attached hydrogens (tertiary/aromatic N) is 1. The molecule has 0 saturated carbocycles. The van der Waals surface area contributed by atoms with Gasteiger partial charge in [-0.05, 0) is 73.9 Å². The Morgan fingerprint density at radius 3 is 2.28 bits per heavy atom. The molecule has 0 aliphatic rings. The van der Waals surface area contributed by atoms with Gasteiger partial charge in [-0.3, -0.25) is 9.59 Å². The molecule has 0 bridgehead atoms. The summed E-state index contributed by atoms with van der Waals surface area (Å²) in [4.78, 5) is 23.7. The van der Waals surface area contributed by atoms with Crippen LogP contribution in [0.1, 0.15) is 54.9 Å². The molecule has 0 unspecified atom stereocenters. The van der Waals surface area contributed by atoms with Crippen molar-refractivity contribution < 1.29 is 14.3 Å². The molecular formula is C24H26N2O3. The van der Waals surface area contributed by atoms with E-state index < -0.39 is 0 Å². The number of hydrogen-bond acceptors (Lipinski definition) is 4. The van der Waals surface area contributed by atoms with E-state index in [2.05, 4.69) is 11.9 Å². The van der Waals surface area contributed by atoms with Crippen LogP contribution in [0.5, 0.6) is 5.75 Å². The molecule has 0 saturated heterocycles.